The van der Waals surface area contributed by atoms with Crippen LogP contribution in [-0.2, 0) is 9.59 Å². The van der Waals surface area contributed by atoms with Gasteiger partial charge in [-0.1, -0.05) is 6.58 Å². The van der Waals surface area contributed by atoms with E-state index in [0.29, 0.717) is 11.8 Å². The third-order valence-corrected chi connectivity index (χ3v) is 4.57. The van der Waals surface area contributed by atoms with Gasteiger partial charge in [0, 0.05) is 5.92 Å². The first kappa shape index (κ1) is 9.87. The molecule has 3 fully saturated rings. The van der Waals surface area contributed by atoms with Crippen molar-refractivity contribution in [1.82, 2.24) is 5.32 Å². The highest BCUT2D eigenvalue weighted by molar-refractivity contribution is 5.94. The lowest BCUT2D eigenvalue weighted by molar-refractivity contribution is -0.135. The maximum Gasteiger partial charge on any atom is 0.351 e. The van der Waals surface area contributed by atoms with Crippen molar-refractivity contribution in [1.29, 1.82) is 0 Å². The van der Waals surface area contributed by atoms with Crippen molar-refractivity contribution in [3.63, 3.8) is 0 Å². The van der Waals surface area contributed by atoms with Gasteiger partial charge in [0.15, 0.2) is 0 Å². The van der Waals surface area contributed by atoms with E-state index in [1.54, 1.807) is 0 Å². The van der Waals surface area contributed by atoms with E-state index >= 15 is 0 Å². The van der Waals surface area contributed by atoms with Crippen molar-refractivity contribution in [2.75, 3.05) is 0 Å². The quantitative estimate of drug-likeness (QED) is 0.698. The van der Waals surface area contributed by atoms with Gasteiger partial charge >= 0.3 is 5.97 Å². The molecule has 0 heterocycles. The number of hydrogen-bond acceptors (Lipinski definition) is 2. The molecule has 4 nitrogen and oxygen atoms in total. The lowest BCUT2D eigenvalue weighted by Gasteiger charge is -2.08. The highest BCUT2D eigenvalue weighted by Gasteiger charge is 2.67. The summed E-state index contributed by atoms with van der Waals surface area (Å²) < 4.78 is 0. The first-order valence-electron chi connectivity index (χ1n) is 5.82. The fraction of sp³-hybridized carbons (Fsp3) is 0.667. The van der Waals surface area contributed by atoms with Gasteiger partial charge in [0.2, 0.25) is 5.91 Å². The first-order valence-corrected chi connectivity index (χ1v) is 5.82. The van der Waals surface area contributed by atoms with Crippen LogP contribution < -0.4 is 5.32 Å². The Kier molecular flexibility index (Phi) is 1.91. The van der Waals surface area contributed by atoms with Crippen molar-refractivity contribution in [3.05, 3.63) is 12.3 Å². The largest absolute Gasteiger partial charge is 0.477 e. The first-order chi connectivity index (χ1) is 7.59. The van der Waals surface area contributed by atoms with Gasteiger partial charge in [0.1, 0.15) is 5.70 Å². The van der Waals surface area contributed by atoms with Crippen molar-refractivity contribution < 1.29 is 14.7 Å². The zero-order valence-corrected chi connectivity index (χ0v) is 8.98. The van der Waals surface area contributed by atoms with Crippen LogP contribution in [0.25, 0.3) is 0 Å². The SMILES string of the molecule is C=C(NC(=O)C1C2C3CCC(C3)C12)C(=O)O. The molecule has 0 aromatic rings. The van der Waals surface area contributed by atoms with Gasteiger partial charge in [-0.2, -0.15) is 0 Å². The van der Waals surface area contributed by atoms with Crippen LogP contribution in [-0.4, -0.2) is 17.0 Å². The van der Waals surface area contributed by atoms with E-state index < -0.39 is 5.97 Å². The number of carboxylic acids is 1. The van der Waals surface area contributed by atoms with Gasteiger partial charge in [-0.15, -0.1) is 0 Å². The van der Waals surface area contributed by atoms with E-state index in [2.05, 4.69) is 11.9 Å². The topological polar surface area (TPSA) is 66.4 Å². The molecule has 0 radical (unpaired) electrons. The summed E-state index contributed by atoms with van der Waals surface area (Å²) in [5, 5.41) is 11.0. The Balaban J connectivity index is 1.63. The van der Waals surface area contributed by atoms with Gasteiger partial charge < -0.3 is 10.4 Å². The summed E-state index contributed by atoms with van der Waals surface area (Å²) in [5.41, 5.74) is -0.206. The number of carboxylic acid groups (broad SMARTS) is 1. The highest BCUT2D eigenvalue weighted by Crippen LogP contribution is 2.69. The predicted octanol–water partition coefficient (Wildman–Crippen LogP) is 0.993. The van der Waals surface area contributed by atoms with Crippen LogP contribution in [0.4, 0.5) is 0 Å². The smallest absolute Gasteiger partial charge is 0.351 e. The number of carbonyl (C=O) groups is 2. The van der Waals surface area contributed by atoms with Crippen LogP contribution in [0, 0.1) is 29.6 Å². The second-order valence-electron chi connectivity index (χ2n) is 5.29. The molecule has 86 valence electrons. The van der Waals surface area contributed by atoms with Crippen LogP contribution in [0.15, 0.2) is 12.3 Å². The summed E-state index contributed by atoms with van der Waals surface area (Å²) in [6.07, 6.45) is 3.81. The zero-order valence-electron chi connectivity index (χ0n) is 8.98. The summed E-state index contributed by atoms with van der Waals surface area (Å²) in [7, 11) is 0. The Labute approximate surface area is 93.7 Å². The third kappa shape index (κ3) is 1.22. The van der Waals surface area contributed by atoms with E-state index in [9.17, 15) is 9.59 Å². The molecule has 3 saturated carbocycles. The molecule has 4 heteroatoms. The van der Waals surface area contributed by atoms with Crippen molar-refractivity contribution in [2.24, 2.45) is 29.6 Å². The molecule has 3 aliphatic rings. The van der Waals surface area contributed by atoms with E-state index in [1.165, 1.54) is 19.3 Å². The Hall–Kier alpha value is -1.32. The Morgan fingerprint density at radius 1 is 1.19 bits per heavy atom. The molecule has 0 aromatic heterocycles. The average Bonchev–Trinajstić information content (AvgIpc) is 2.68. The predicted molar refractivity (Wildman–Crippen MR) is 56.2 cm³/mol. The molecule has 1 amide bonds. The zero-order chi connectivity index (χ0) is 11.4. The lowest BCUT2D eigenvalue weighted by atomic mass is 10.0. The van der Waals surface area contributed by atoms with Crippen molar-refractivity contribution in [2.45, 2.75) is 19.3 Å². The van der Waals surface area contributed by atoms with E-state index in [0.717, 1.165) is 11.8 Å². The maximum absolute atomic E-state index is 11.8. The maximum atomic E-state index is 11.8. The number of rotatable bonds is 3. The Morgan fingerprint density at radius 2 is 1.75 bits per heavy atom. The van der Waals surface area contributed by atoms with Crippen LogP contribution in [0.5, 0.6) is 0 Å². The fourth-order valence-corrected chi connectivity index (χ4v) is 3.96. The summed E-state index contributed by atoms with van der Waals surface area (Å²) in [6, 6.07) is 0. The summed E-state index contributed by atoms with van der Waals surface area (Å²) in [5.74, 6) is 1.33. The highest BCUT2D eigenvalue weighted by atomic mass is 16.4. The van der Waals surface area contributed by atoms with E-state index in [1.807, 2.05) is 0 Å². The molecule has 0 aromatic carbocycles. The van der Waals surface area contributed by atoms with Gasteiger partial charge in [-0.3, -0.25) is 4.79 Å². The normalized spacial score (nSPS) is 42.6. The van der Waals surface area contributed by atoms with Crippen molar-refractivity contribution in [3.8, 4) is 0 Å². The van der Waals surface area contributed by atoms with Crippen LogP contribution >= 0.6 is 0 Å². The molecule has 3 rings (SSSR count). The number of hydrogen-bond donors (Lipinski definition) is 2. The minimum Gasteiger partial charge on any atom is -0.477 e. The van der Waals surface area contributed by atoms with Crippen LogP contribution in [0.3, 0.4) is 0 Å². The molecular weight excluding hydrogens is 206 g/mol. The molecule has 2 N–H and O–H groups in total. The summed E-state index contributed by atoms with van der Waals surface area (Å²) in [6.45, 7) is 3.32. The minimum atomic E-state index is -1.15. The van der Waals surface area contributed by atoms with Gasteiger partial charge in [-0.25, -0.2) is 4.79 Å². The molecular formula is C12H15NO3. The summed E-state index contributed by atoms with van der Waals surface area (Å²) in [4.78, 5) is 22.4. The average molecular weight is 221 g/mol. The number of carbonyl (C=O) groups excluding carboxylic acids is 1. The molecule has 0 spiro atoms. The molecule has 16 heavy (non-hydrogen) atoms. The number of nitrogens with one attached hydrogen (secondary N) is 1. The number of aliphatic carboxylic acids is 1. The van der Waals surface area contributed by atoms with Crippen LogP contribution in [0.1, 0.15) is 19.3 Å². The number of fused-ring (bicyclic) bond motifs is 5. The fourth-order valence-electron chi connectivity index (χ4n) is 3.96. The van der Waals surface area contributed by atoms with Gasteiger partial charge in [0.25, 0.3) is 0 Å². The summed E-state index contributed by atoms with van der Waals surface area (Å²) >= 11 is 0. The molecule has 2 bridgehead atoms. The van der Waals surface area contributed by atoms with E-state index in [4.69, 9.17) is 5.11 Å². The third-order valence-electron chi connectivity index (χ3n) is 4.57. The van der Waals surface area contributed by atoms with Gasteiger partial charge in [-0.05, 0) is 42.9 Å². The molecule has 3 aliphatic carbocycles. The second-order valence-corrected chi connectivity index (χ2v) is 5.29. The number of amides is 1. The van der Waals surface area contributed by atoms with Crippen molar-refractivity contribution >= 4 is 11.9 Å². The standard InChI is InChI=1S/C12H15NO3/c1-5(12(15)16)13-11(14)10-8-6-2-3-7(4-6)9(8)10/h6-10H,1-4H2,(H,13,14)(H,15,16). The minimum absolute atomic E-state index is 0.0716. The van der Waals surface area contributed by atoms with Crippen LogP contribution in [0.2, 0.25) is 0 Å². The Morgan fingerprint density at radius 3 is 2.25 bits per heavy atom. The lowest BCUT2D eigenvalue weighted by Crippen LogP contribution is -2.29. The molecule has 0 aliphatic heterocycles. The molecule has 4 atom stereocenters. The van der Waals surface area contributed by atoms with Gasteiger partial charge in [0.05, 0.1) is 0 Å². The Bertz CT molecular complexity index is 374. The van der Waals surface area contributed by atoms with E-state index in [-0.39, 0.29) is 17.5 Å². The monoisotopic (exact) mass is 221 g/mol. The molecule has 0 saturated heterocycles. The molecule has 4 unspecified atom stereocenters. The second kappa shape index (κ2) is 3.09.